The van der Waals surface area contributed by atoms with E-state index in [4.69, 9.17) is 29.1 Å². The Morgan fingerprint density at radius 3 is 2.04 bits per heavy atom. The van der Waals surface area contributed by atoms with E-state index in [2.05, 4.69) is 25.0 Å². The summed E-state index contributed by atoms with van der Waals surface area (Å²) in [6.07, 6.45) is 0.805. The van der Waals surface area contributed by atoms with Crippen LogP contribution in [0.15, 0.2) is 95.9 Å². The molecular formula is C38H47N3O7Si. The molecule has 0 spiro atoms. The summed E-state index contributed by atoms with van der Waals surface area (Å²) in [7, 11) is 1.04. The number of hydrogen-bond acceptors (Lipinski definition) is 9. The predicted molar refractivity (Wildman–Crippen MR) is 191 cm³/mol. The molecular weight excluding hydrogens is 639 g/mol. The molecule has 0 aliphatic carbocycles. The van der Waals surface area contributed by atoms with E-state index in [-0.39, 0.29) is 11.6 Å². The summed E-state index contributed by atoms with van der Waals surface area (Å²) >= 11 is 0. The molecule has 0 amide bonds. The maximum absolute atomic E-state index is 13.8. The average molecular weight is 686 g/mol. The summed E-state index contributed by atoms with van der Waals surface area (Å²) in [5.41, 5.74) is 6.40. The number of anilines is 1. The first kappa shape index (κ1) is 36.0. The zero-order chi connectivity index (χ0) is 35.2. The molecule has 2 N–H and O–H groups in total. The number of unbranched alkanes of at least 4 members (excludes halogenated alkanes) is 1. The highest BCUT2D eigenvalue weighted by Crippen LogP contribution is 2.45. The summed E-state index contributed by atoms with van der Waals surface area (Å²) in [5.74, 6) is 1.25. The zero-order valence-corrected chi connectivity index (χ0v) is 30.1. The first-order chi connectivity index (χ1) is 23.5. The number of nitrogens with two attached hydrogens (primary N) is 1. The lowest BCUT2D eigenvalue weighted by molar-refractivity contribution is -0.157. The van der Waals surface area contributed by atoms with Gasteiger partial charge in [0.2, 0.25) is 0 Å². The van der Waals surface area contributed by atoms with Crippen LogP contribution in [0.4, 0.5) is 5.82 Å². The molecule has 0 saturated carbocycles. The monoisotopic (exact) mass is 685 g/mol. The van der Waals surface area contributed by atoms with Gasteiger partial charge in [0.05, 0.1) is 26.4 Å². The number of ketones is 1. The summed E-state index contributed by atoms with van der Waals surface area (Å²) in [6, 6.07) is 27.6. The van der Waals surface area contributed by atoms with Crippen molar-refractivity contribution in [3.05, 3.63) is 118 Å². The summed E-state index contributed by atoms with van der Waals surface area (Å²) in [6.45, 7) is 8.00. The number of benzene rings is 3. The molecule has 1 saturated heterocycles. The van der Waals surface area contributed by atoms with Crippen molar-refractivity contribution in [2.45, 2.75) is 82.4 Å². The standard InChI is InChI=1S/C38H47N3O7Si/c1-7-8-24-49(5,6)48-33-25-32(46-36(33)41-23-22-34(39)40-37(41)43)35(26(2)42)47-38(27-12-10-9-11-13-27,28-14-18-30(44-3)19-15-28)29-16-20-31(45-4)21-17-29/h9-23,32-33,35-36H,7-8,24-25H2,1-6H3,(H2,39,40,43)/t32-,33+,35?,36+/m0/s1. The van der Waals surface area contributed by atoms with Gasteiger partial charge in [0.1, 0.15) is 29.0 Å². The van der Waals surface area contributed by atoms with Gasteiger partial charge in [-0.25, -0.2) is 4.79 Å². The van der Waals surface area contributed by atoms with Gasteiger partial charge in [-0.1, -0.05) is 74.4 Å². The van der Waals surface area contributed by atoms with Crippen LogP contribution in [0.25, 0.3) is 0 Å². The second-order valence-electron chi connectivity index (χ2n) is 13.0. The number of hydrogen-bond donors (Lipinski definition) is 1. The molecule has 1 aliphatic heterocycles. The van der Waals surface area contributed by atoms with Crippen LogP contribution >= 0.6 is 0 Å². The first-order valence-electron chi connectivity index (χ1n) is 16.7. The minimum atomic E-state index is -2.20. The van der Waals surface area contributed by atoms with Crippen LogP contribution in [-0.4, -0.2) is 56.2 Å². The number of carbonyl (C=O) groups excluding carboxylic acids is 1. The van der Waals surface area contributed by atoms with Gasteiger partial charge < -0.3 is 29.1 Å². The quantitative estimate of drug-likeness (QED) is 0.111. The topological polar surface area (TPSA) is 124 Å². The fraction of sp³-hybridized carbons (Fsp3) is 0.395. The van der Waals surface area contributed by atoms with Crippen molar-refractivity contribution in [3.8, 4) is 11.5 Å². The lowest BCUT2D eigenvalue weighted by Crippen LogP contribution is -2.45. The van der Waals surface area contributed by atoms with Crippen molar-refractivity contribution >= 4 is 19.9 Å². The third-order valence-electron chi connectivity index (χ3n) is 9.04. The summed E-state index contributed by atoms with van der Waals surface area (Å²) in [4.78, 5) is 30.9. The van der Waals surface area contributed by atoms with Gasteiger partial charge in [-0.15, -0.1) is 0 Å². The second-order valence-corrected chi connectivity index (χ2v) is 17.3. The van der Waals surface area contributed by atoms with Crippen molar-refractivity contribution in [1.29, 1.82) is 0 Å². The van der Waals surface area contributed by atoms with Crippen LogP contribution in [0.1, 0.15) is 56.0 Å². The van der Waals surface area contributed by atoms with Crippen LogP contribution in [0.5, 0.6) is 11.5 Å². The smallest absolute Gasteiger partial charge is 0.351 e. The number of ether oxygens (including phenoxy) is 4. The maximum atomic E-state index is 13.8. The van der Waals surface area contributed by atoms with Gasteiger partial charge in [0.25, 0.3) is 0 Å². The number of nitrogen functional groups attached to an aromatic ring is 1. The molecule has 1 unspecified atom stereocenters. The minimum absolute atomic E-state index is 0.113. The van der Waals surface area contributed by atoms with E-state index in [1.54, 1.807) is 26.5 Å². The Balaban J connectivity index is 1.64. The normalized spacial score (nSPS) is 18.6. The van der Waals surface area contributed by atoms with E-state index < -0.39 is 44.1 Å². The number of aromatic nitrogens is 2. The number of Topliss-reactive ketones (excluding diaryl/α,β-unsaturated/α-hetero) is 1. The predicted octanol–water partition coefficient (Wildman–Crippen LogP) is 6.49. The summed E-state index contributed by atoms with van der Waals surface area (Å²) in [5, 5.41) is 0. The van der Waals surface area contributed by atoms with Gasteiger partial charge in [0, 0.05) is 12.6 Å². The number of nitrogens with zero attached hydrogens (tertiary/aromatic N) is 2. The fourth-order valence-electron chi connectivity index (χ4n) is 6.54. The van der Waals surface area contributed by atoms with Crippen molar-refractivity contribution in [3.63, 3.8) is 0 Å². The molecule has 1 fully saturated rings. The Morgan fingerprint density at radius 1 is 0.959 bits per heavy atom. The highest BCUT2D eigenvalue weighted by atomic mass is 28.4. The van der Waals surface area contributed by atoms with Gasteiger partial charge in [-0.2, -0.15) is 4.98 Å². The molecule has 4 aromatic rings. The Hall–Kier alpha value is -4.29. The molecule has 1 aromatic heterocycles. The van der Waals surface area contributed by atoms with Crippen LogP contribution in [-0.2, 0) is 24.3 Å². The van der Waals surface area contributed by atoms with Crippen molar-refractivity contribution in [2.75, 3.05) is 20.0 Å². The highest BCUT2D eigenvalue weighted by molar-refractivity contribution is 6.71. The Bertz CT molecular complexity index is 1700. The SMILES string of the molecule is CCCC[Si](C)(C)O[C@@H]1C[C@@H](C(OC(c2ccccc2)(c2ccc(OC)cc2)c2ccc(OC)cc2)C(C)=O)O[C@H]1n1ccc(N)nc1=O. The molecule has 3 aromatic carbocycles. The second kappa shape index (κ2) is 15.5. The van der Waals surface area contributed by atoms with E-state index in [1.807, 2.05) is 78.9 Å². The Morgan fingerprint density at radius 2 is 1.53 bits per heavy atom. The van der Waals surface area contributed by atoms with Crippen LogP contribution in [0.2, 0.25) is 19.1 Å². The Kier molecular flexibility index (Phi) is 11.4. The van der Waals surface area contributed by atoms with Crippen molar-refractivity contribution in [1.82, 2.24) is 9.55 Å². The van der Waals surface area contributed by atoms with E-state index in [0.717, 1.165) is 35.6 Å². The fourth-order valence-corrected chi connectivity index (χ4v) is 8.90. The largest absolute Gasteiger partial charge is 0.497 e. The van der Waals surface area contributed by atoms with Gasteiger partial charge in [-0.3, -0.25) is 9.36 Å². The van der Waals surface area contributed by atoms with Gasteiger partial charge in [0.15, 0.2) is 20.3 Å². The third kappa shape index (κ3) is 7.96. The minimum Gasteiger partial charge on any atom is -0.497 e. The number of methoxy groups -OCH3 is 2. The van der Waals surface area contributed by atoms with Crippen LogP contribution in [0, 0.1) is 0 Å². The van der Waals surface area contributed by atoms with Crippen LogP contribution in [0.3, 0.4) is 0 Å². The van der Waals surface area contributed by atoms with E-state index >= 15 is 0 Å². The number of rotatable bonds is 15. The van der Waals surface area contributed by atoms with Gasteiger partial charge >= 0.3 is 5.69 Å². The molecule has 1 aliphatic rings. The highest BCUT2D eigenvalue weighted by Gasteiger charge is 2.49. The molecule has 49 heavy (non-hydrogen) atoms. The van der Waals surface area contributed by atoms with Gasteiger partial charge in [-0.05, 0) is 73.1 Å². The molecule has 0 bridgehead atoms. The lowest BCUT2D eigenvalue weighted by atomic mass is 9.79. The zero-order valence-electron chi connectivity index (χ0n) is 29.1. The molecule has 4 atom stereocenters. The maximum Gasteiger partial charge on any atom is 0.351 e. The van der Waals surface area contributed by atoms with E-state index in [0.29, 0.717) is 17.9 Å². The molecule has 0 radical (unpaired) electrons. The number of carbonyl (C=O) groups is 1. The molecule has 2 heterocycles. The van der Waals surface area contributed by atoms with Crippen molar-refractivity contribution < 1.29 is 28.2 Å². The molecule has 5 rings (SSSR count). The summed E-state index contributed by atoms with van der Waals surface area (Å²) < 4.78 is 33.1. The lowest BCUT2D eigenvalue weighted by Gasteiger charge is -2.39. The molecule has 260 valence electrons. The molecule has 10 nitrogen and oxygen atoms in total. The Labute approximate surface area is 289 Å². The van der Waals surface area contributed by atoms with Crippen molar-refractivity contribution in [2.24, 2.45) is 0 Å². The van der Waals surface area contributed by atoms with E-state index in [9.17, 15) is 9.59 Å². The molecule has 11 heteroatoms. The van der Waals surface area contributed by atoms with Crippen LogP contribution < -0.4 is 20.9 Å². The average Bonchev–Trinajstić information content (AvgIpc) is 3.50. The van der Waals surface area contributed by atoms with E-state index in [1.165, 1.54) is 11.5 Å². The third-order valence-corrected chi connectivity index (χ3v) is 11.5. The first-order valence-corrected chi connectivity index (χ1v) is 19.8.